The van der Waals surface area contributed by atoms with Crippen LogP contribution in [0.3, 0.4) is 0 Å². The van der Waals surface area contributed by atoms with Gasteiger partial charge in [0.2, 0.25) is 0 Å². The van der Waals surface area contributed by atoms with Crippen LogP contribution < -0.4 is 9.47 Å². The fraction of sp³-hybridized carbons (Fsp3) is 0.500. The third kappa shape index (κ3) is 1.92. The minimum absolute atomic E-state index is 0.178. The van der Waals surface area contributed by atoms with E-state index in [4.69, 9.17) is 14.2 Å². The van der Waals surface area contributed by atoms with Gasteiger partial charge in [-0.15, -0.1) is 0 Å². The zero-order valence-electron chi connectivity index (χ0n) is 11.4. The average Bonchev–Trinajstić information content (AvgIpc) is 2.65. The maximum atomic E-state index is 11.9. The van der Waals surface area contributed by atoms with Gasteiger partial charge in [0.05, 0.1) is 19.8 Å². The molecule has 0 aromatic heterocycles. The number of carbonyl (C=O) groups is 1. The molecule has 0 amide bonds. The van der Waals surface area contributed by atoms with Crippen molar-refractivity contribution in [3.05, 3.63) is 23.3 Å². The van der Waals surface area contributed by atoms with Gasteiger partial charge in [0.1, 0.15) is 17.6 Å². The second-order valence-electron chi connectivity index (χ2n) is 5.44. The first-order valence-corrected chi connectivity index (χ1v) is 5.85. The molecule has 18 heavy (non-hydrogen) atoms. The predicted octanol–water partition coefficient (Wildman–Crippen LogP) is 2.96. The molecule has 1 heterocycles. The van der Waals surface area contributed by atoms with E-state index in [9.17, 15) is 4.79 Å². The third-order valence-corrected chi connectivity index (χ3v) is 3.06. The molecule has 0 spiro atoms. The van der Waals surface area contributed by atoms with E-state index in [2.05, 4.69) is 0 Å². The molecular weight excluding hydrogens is 232 g/mol. The summed E-state index contributed by atoms with van der Waals surface area (Å²) in [5.74, 6) is 0.911. The number of cyclic esters (lactones) is 1. The molecule has 2 rings (SSSR count). The van der Waals surface area contributed by atoms with Gasteiger partial charge in [-0.2, -0.15) is 0 Å². The van der Waals surface area contributed by atoms with E-state index in [1.807, 2.05) is 20.8 Å². The molecule has 1 unspecified atom stereocenters. The van der Waals surface area contributed by atoms with Gasteiger partial charge in [0, 0.05) is 17.0 Å². The number of fused-ring (bicyclic) bond motifs is 1. The molecule has 0 saturated carbocycles. The van der Waals surface area contributed by atoms with Crippen LogP contribution in [-0.2, 0) is 4.74 Å². The quantitative estimate of drug-likeness (QED) is 0.757. The summed E-state index contributed by atoms with van der Waals surface area (Å²) in [4.78, 5) is 11.9. The maximum absolute atomic E-state index is 11.9. The third-order valence-electron chi connectivity index (χ3n) is 3.06. The number of methoxy groups -OCH3 is 2. The lowest BCUT2D eigenvalue weighted by atomic mass is 9.84. The summed E-state index contributed by atoms with van der Waals surface area (Å²) in [6.07, 6.45) is -0.291. The first kappa shape index (κ1) is 12.7. The van der Waals surface area contributed by atoms with E-state index in [-0.39, 0.29) is 17.5 Å². The Morgan fingerprint density at radius 1 is 1.17 bits per heavy atom. The van der Waals surface area contributed by atoms with Crippen LogP contribution in [0.2, 0.25) is 0 Å². The summed E-state index contributed by atoms with van der Waals surface area (Å²) in [5.41, 5.74) is 1.17. The largest absolute Gasteiger partial charge is 0.497 e. The maximum Gasteiger partial charge on any atom is 0.339 e. The Labute approximate surface area is 107 Å². The molecule has 4 heteroatoms. The van der Waals surface area contributed by atoms with Gasteiger partial charge in [-0.25, -0.2) is 4.79 Å². The molecule has 1 aliphatic heterocycles. The summed E-state index contributed by atoms with van der Waals surface area (Å²) in [5, 5.41) is 0. The van der Waals surface area contributed by atoms with Gasteiger partial charge >= 0.3 is 5.97 Å². The van der Waals surface area contributed by atoms with Crippen LogP contribution >= 0.6 is 0 Å². The number of benzene rings is 1. The fourth-order valence-electron chi connectivity index (χ4n) is 2.17. The topological polar surface area (TPSA) is 44.8 Å². The summed E-state index contributed by atoms with van der Waals surface area (Å²) in [6.45, 7) is 6.09. The van der Waals surface area contributed by atoms with Gasteiger partial charge in [0.15, 0.2) is 0 Å². The normalized spacial score (nSPS) is 18.3. The van der Waals surface area contributed by atoms with Crippen molar-refractivity contribution in [3.8, 4) is 11.5 Å². The number of hydrogen-bond donors (Lipinski definition) is 0. The van der Waals surface area contributed by atoms with Crippen LogP contribution in [0.4, 0.5) is 0 Å². The van der Waals surface area contributed by atoms with E-state index < -0.39 is 0 Å². The smallest absolute Gasteiger partial charge is 0.339 e. The molecule has 0 saturated heterocycles. The van der Waals surface area contributed by atoms with Gasteiger partial charge in [-0.3, -0.25) is 0 Å². The molecule has 0 N–H and O–H groups in total. The first-order chi connectivity index (χ1) is 8.38. The number of carbonyl (C=O) groups excluding carboxylic acids is 1. The summed E-state index contributed by atoms with van der Waals surface area (Å²) in [7, 11) is 3.14. The molecule has 1 aliphatic rings. The van der Waals surface area contributed by atoms with E-state index in [1.165, 1.54) is 0 Å². The molecule has 98 valence electrons. The number of ether oxygens (including phenoxy) is 3. The van der Waals surface area contributed by atoms with E-state index >= 15 is 0 Å². The molecule has 0 fully saturated rings. The van der Waals surface area contributed by atoms with Crippen molar-refractivity contribution in [2.45, 2.75) is 26.9 Å². The van der Waals surface area contributed by atoms with E-state index in [0.29, 0.717) is 17.1 Å². The van der Waals surface area contributed by atoms with Crippen LogP contribution in [0.1, 0.15) is 42.8 Å². The monoisotopic (exact) mass is 250 g/mol. The lowest BCUT2D eigenvalue weighted by Gasteiger charge is -2.27. The minimum Gasteiger partial charge on any atom is -0.497 e. The van der Waals surface area contributed by atoms with Crippen LogP contribution in [0, 0.1) is 5.41 Å². The van der Waals surface area contributed by atoms with E-state index in [0.717, 1.165) is 5.56 Å². The lowest BCUT2D eigenvalue weighted by Crippen LogP contribution is -2.18. The van der Waals surface area contributed by atoms with Crippen LogP contribution in [0.5, 0.6) is 11.5 Å². The second kappa shape index (κ2) is 4.19. The van der Waals surface area contributed by atoms with Crippen molar-refractivity contribution in [1.29, 1.82) is 0 Å². The first-order valence-electron chi connectivity index (χ1n) is 5.85. The highest BCUT2D eigenvalue weighted by Crippen LogP contribution is 2.48. The van der Waals surface area contributed by atoms with Gasteiger partial charge in [-0.05, 0) is 6.07 Å². The summed E-state index contributed by atoms with van der Waals surface area (Å²) < 4.78 is 16.0. The lowest BCUT2D eigenvalue weighted by molar-refractivity contribution is 0.00723. The molecule has 0 radical (unpaired) electrons. The highest BCUT2D eigenvalue weighted by Gasteiger charge is 2.41. The van der Waals surface area contributed by atoms with Crippen molar-refractivity contribution >= 4 is 5.97 Å². The Balaban J connectivity index is 2.62. The predicted molar refractivity (Wildman–Crippen MR) is 67.2 cm³/mol. The zero-order valence-corrected chi connectivity index (χ0v) is 11.4. The SMILES string of the molecule is COc1cc(OC)c2c(c1)C(=O)OC2C(C)(C)C. The van der Waals surface area contributed by atoms with Gasteiger partial charge in [-0.1, -0.05) is 20.8 Å². The highest BCUT2D eigenvalue weighted by atomic mass is 16.6. The molecule has 1 aromatic carbocycles. The van der Waals surface area contributed by atoms with Crippen LogP contribution in [0.25, 0.3) is 0 Å². The molecule has 0 aliphatic carbocycles. The standard InChI is InChI=1S/C14H18O4/c1-14(2,3)12-11-9(13(15)18-12)6-8(16-4)7-10(11)17-5/h6-7,12H,1-5H3. The number of esters is 1. The van der Waals surface area contributed by atoms with Crippen LogP contribution in [-0.4, -0.2) is 20.2 Å². The molecular formula is C14H18O4. The van der Waals surface area contributed by atoms with E-state index in [1.54, 1.807) is 26.4 Å². The minimum atomic E-state index is -0.317. The summed E-state index contributed by atoms with van der Waals surface area (Å²) in [6, 6.07) is 3.48. The molecule has 0 bridgehead atoms. The Morgan fingerprint density at radius 2 is 1.83 bits per heavy atom. The van der Waals surface area contributed by atoms with Gasteiger partial charge < -0.3 is 14.2 Å². The number of hydrogen-bond acceptors (Lipinski definition) is 4. The van der Waals surface area contributed by atoms with Crippen molar-refractivity contribution in [2.75, 3.05) is 14.2 Å². The highest BCUT2D eigenvalue weighted by molar-refractivity contribution is 5.95. The van der Waals surface area contributed by atoms with Gasteiger partial charge in [0.25, 0.3) is 0 Å². The Hall–Kier alpha value is -1.71. The van der Waals surface area contributed by atoms with Crippen molar-refractivity contribution in [1.82, 2.24) is 0 Å². The zero-order chi connectivity index (χ0) is 13.5. The van der Waals surface area contributed by atoms with Crippen molar-refractivity contribution < 1.29 is 19.0 Å². The number of rotatable bonds is 2. The van der Waals surface area contributed by atoms with Crippen molar-refractivity contribution in [3.63, 3.8) is 0 Å². The average molecular weight is 250 g/mol. The molecule has 1 aromatic rings. The molecule has 4 nitrogen and oxygen atoms in total. The second-order valence-corrected chi connectivity index (χ2v) is 5.44. The Morgan fingerprint density at radius 3 is 2.33 bits per heavy atom. The Bertz CT molecular complexity index is 485. The fourth-order valence-corrected chi connectivity index (χ4v) is 2.17. The molecule has 1 atom stereocenters. The van der Waals surface area contributed by atoms with Crippen molar-refractivity contribution in [2.24, 2.45) is 5.41 Å². The van der Waals surface area contributed by atoms with Crippen LogP contribution in [0.15, 0.2) is 12.1 Å². The Kier molecular flexibility index (Phi) is 2.97. The summed E-state index contributed by atoms with van der Waals surface area (Å²) >= 11 is 0.